The van der Waals surface area contributed by atoms with Crippen LogP contribution in [0.3, 0.4) is 0 Å². The molecule has 0 spiro atoms. The fourth-order valence-electron chi connectivity index (χ4n) is 1.50. The van der Waals surface area contributed by atoms with Crippen molar-refractivity contribution >= 4 is 63.2 Å². The van der Waals surface area contributed by atoms with Crippen LogP contribution in [0.2, 0.25) is 0 Å². The van der Waals surface area contributed by atoms with E-state index in [-0.39, 0.29) is 37.7 Å². The molecule has 0 amide bonds. The molecule has 0 radical (unpaired) electrons. The summed E-state index contributed by atoms with van der Waals surface area (Å²) < 4.78 is 11.0. The Morgan fingerprint density at radius 1 is 1.06 bits per heavy atom. The van der Waals surface area contributed by atoms with E-state index in [2.05, 4.69) is 0 Å². The van der Waals surface area contributed by atoms with Gasteiger partial charge in [0.05, 0.1) is 5.66 Å². The quantitative estimate of drug-likeness (QED) is 0.217. The van der Waals surface area contributed by atoms with Crippen LogP contribution < -0.4 is 0 Å². The normalized spacial score (nSPS) is 13.3. The minimum absolute atomic E-state index is 0. The van der Waals surface area contributed by atoms with E-state index < -0.39 is 43.0 Å². The Balaban J connectivity index is 0. The molecular formula is C7H13CaO9P. The van der Waals surface area contributed by atoms with Gasteiger partial charge in [-0.05, 0) is 6.42 Å². The zero-order valence-electron chi connectivity index (χ0n) is 8.60. The van der Waals surface area contributed by atoms with Crippen LogP contribution in [0.1, 0.15) is 13.3 Å². The second-order valence-electron chi connectivity index (χ2n) is 3.24. The Bertz CT molecular complexity index is 364. The van der Waals surface area contributed by atoms with Crippen LogP contribution in [0.25, 0.3) is 0 Å². The molecule has 9 nitrogen and oxygen atoms in total. The van der Waals surface area contributed by atoms with E-state index in [0.29, 0.717) is 0 Å². The zero-order chi connectivity index (χ0) is 14.0. The Morgan fingerprint density at radius 2 is 1.33 bits per heavy atom. The van der Waals surface area contributed by atoms with Crippen LogP contribution in [0, 0.1) is 5.41 Å². The van der Waals surface area contributed by atoms with E-state index in [1.165, 1.54) is 0 Å². The first-order valence-electron chi connectivity index (χ1n) is 4.28. The summed E-state index contributed by atoms with van der Waals surface area (Å²) in [4.78, 5) is 50.3. The molecule has 0 heterocycles. The van der Waals surface area contributed by atoms with Crippen molar-refractivity contribution < 1.29 is 44.1 Å². The van der Waals surface area contributed by atoms with E-state index in [1.807, 2.05) is 0 Å². The average molecular weight is 312 g/mol. The molecule has 0 saturated heterocycles. The number of carboxylic acids is 3. The molecule has 0 bridgehead atoms. The van der Waals surface area contributed by atoms with E-state index in [1.54, 1.807) is 0 Å². The van der Waals surface area contributed by atoms with Crippen LogP contribution in [0.15, 0.2) is 0 Å². The third-order valence-electron chi connectivity index (χ3n) is 2.30. The van der Waals surface area contributed by atoms with Gasteiger partial charge in [-0.2, -0.15) is 0 Å². The molecule has 0 saturated carbocycles. The van der Waals surface area contributed by atoms with Gasteiger partial charge >= 0.3 is 63.2 Å². The van der Waals surface area contributed by atoms with Gasteiger partial charge in [0, 0.05) is 0 Å². The topological polar surface area (TPSA) is 169 Å². The van der Waals surface area contributed by atoms with Gasteiger partial charge < -0.3 is 25.1 Å². The van der Waals surface area contributed by atoms with Crippen LogP contribution in [0.5, 0.6) is 0 Å². The van der Waals surface area contributed by atoms with E-state index in [0.717, 1.165) is 6.92 Å². The Hall–Kier alpha value is -0.180. The average Bonchev–Trinajstić information content (AvgIpc) is 2.09. The summed E-state index contributed by atoms with van der Waals surface area (Å²) in [6, 6.07) is 0. The molecule has 0 aromatic rings. The summed E-state index contributed by atoms with van der Waals surface area (Å²) >= 11 is 0. The van der Waals surface area contributed by atoms with Crippen molar-refractivity contribution in [2.24, 2.45) is 5.41 Å². The van der Waals surface area contributed by atoms with Crippen LogP contribution in [-0.4, -0.2) is 86.4 Å². The van der Waals surface area contributed by atoms with Gasteiger partial charge in [0.1, 0.15) is 0 Å². The van der Waals surface area contributed by atoms with E-state index in [4.69, 9.17) is 25.1 Å². The second-order valence-corrected chi connectivity index (χ2v) is 5.04. The summed E-state index contributed by atoms with van der Waals surface area (Å²) in [7, 11) is -5.20. The first-order valence-corrected chi connectivity index (χ1v) is 5.96. The third kappa shape index (κ3) is 3.43. The van der Waals surface area contributed by atoms with Gasteiger partial charge in [0.25, 0.3) is 5.41 Å². The minimum atomic E-state index is -5.20. The molecule has 0 aliphatic heterocycles. The number of carboxylic acid groups (broad SMARTS) is 3. The maximum absolute atomic E-state index is 11.0. The van der Waals surface area contributed by atoms with Crippen molar-refractivity contribution in [3.8, 4) is 0 Å². The monoisotopic (exact) mass is 312 g/mol. The number of aliphatic carboxylic acids is 3. The molecule has 0 aromatic heterocycles. The van der Waals surface area contributed by atoms with Crippen molar-refractivity contribution in [1.29, 1.82) is 0 Å². The number of hydrogen-bond acceptors (Lipinski definition) is 4. The molecule has 1 atom stereocenters. The van der Waals surface area contributed by atoms with Gasteiger partial charge in [-0.15, -0.1) is 0 Å². The standard InChI is InChI=1S/C7H11O9P.Ca.2H/c1-2-3(17(14,15)16)7(4(8)9,5(10)11)6(12)13;;;/h3H,2H2,1H3,(H,8,9)(H,10,11)(H,12,13)(H2,14,15,16);;;. The second kappa shape index (κ2) is 6.83. The van der Waals surface area contributed by atoms with Crippen molar-refractivity contribution in [1.82, 2.24) is 0 Å². The Labute approximate surface area is 131 Å². The molecule has 0 aliphatic rings. The molecule has 5 N–H and O–H groups in total. The van der Waals surface area contributed by atoms with Gasteiger partial charge in [-0.1, -0.05) is 6.92 Å². The van der Waals surface area contributed by atoms with Crippen LogP contribution in [-0.2, 0) is 18.9 Å². The van der Waals surface area contributed by atoms with Crippen LogP contribution in [0.4, 0.5) is 0 Å². The number of rotatable bonds is 6. The predicted molar refractivity (Wildman–Crippen MR) is 60.0 cm³/mol. The van der Waals surface area contributed by atoms with Crippen molar-refractivity contribution in [2.45, 2.75) is 19.0 Å². The van der Waals surface area contributed by atoms with Gasteiger partial charge in [-0.3, -0.25) is 18.9 Å². The first-order chi connectivity index (χ1) is 7.52. The summed E-state index contributed by atoms with van der Waals surface area (Å²) in [6.45, 7) is 1.09. The van der Waals surface area contributed by atoms with Crippen LogP contribution >= 0.6 is 7.60 Å². The summed E-state index contributed by atoms with van der Waals surface area (Å²) in [5, 5.41) is 26.2. The van der Waals surface area contributed by atoms with Crippen molar-refractivity contribution in [3.63, 3.8) is 0 Å². The Kier molecular flexibility index (Phi) is 7.65. The molecule has 0 aromatic carbocycles. The third-order valence-corrected chi connectivity index (χ3v) is 3.87. The number of hydrogen-bond donors (Lipinski definition) is 5. The van der Waals surface area contributed by atoms with Crippen molar-refractivity contribution in [2.75, 3.05) is 0 Å². The molecule has 0 fully saturated rings. The molecule has 102 valence electrons. The fraction of sp³-hybridized carbons (Fsp3) is 0.571. The summed E-state index contributed by atoms with van der Waals surface area (Å²) in [5.74, 6) is -6.98. The summed E-state index contributed by atoms with van der Waals surface area (Å²) in [6.07, 6.45) is -0.616. The molecule has 18 heavy (non-hydrogen) atoms. The van der Waals surface area contributed by atoms with E-state index >= 15 is 0 Å². The van der Waals surface area contributed by atoms with Crippen molar-refractivity contribution in [3.05, 3.63) is 0 Å². The first kappa shape index (κ1) is 20.1. The maximum atomic E-state index is 11.0. The van der Waals surface area contributed by atoms with Gasteiger partial charge in [0.15, 0.2) is 0 Å². The molecule has 0 rings (SSSR count). The number of carbonyl (C=O) groups is 3. The molecule has 0 aliphatic carbocycles. The molecule has 1 unspecified atom stereocenters. The fourth-order valence-corrected chi connectivity index (χ4v) is 2.81. The SMILES string of the molecule is CCC(C(C(=O)O)(C(=O)O)C(=O)O)P(=O)(O)O.[CaH2]. The van der Waals surface area contributed by atoms with E-state index in [9.17, 15) is 18.9 Å². The predicted octanol–water partition coefficient (Wildman–Crippen LogP) is -1.73. The molecular weight excluding hydrogens is 299 g/mol. The Morgan fingerprint density at radius 3 is 1.39 bits per heavy atom. The van der Waals surface area contributed by atoms with Gasteiger partial charge in [0.2, 0.25) is 0 Å². The molecule has 11 heteroatoms. The van der Waals surface area contributed by atoms with Gasteiger partial charge in [-0.25, -0.2) is 0 Å². The summed E-state index contributed by atoms with van der Waals surface area (Å²) in [5.41, 5.74) is -5.91. The zero-order valence-corrected chi connectivity index (χ0v) is 9.50.